The van der Waals surface area contributed by atoms with Crippen molar-refractivity contribution in [3.05, 3.63) is 65.2 Å². The molecule has 164 valence electrons. The van der Waals surface area contributed by atoms with Crippen LogP contribution in [0.2, 0.25) is 0 Å². The molecule has 3 rings (SSSR count). The molecule has 0 spiro atoms. The van der Waals surface area contributed by atoms with Gasteiger partial charge in [0, 0.05) is 17.7 Å². The number of carbonyl (C=O) groups is 2. The lowest BCUT2D eigenvalue weighted by Gasteiger charge is -2.26. The van der Waals surface area contributed by atoms with Crippen molar-refractivity contribution < 1.29 is 34.0 Å². The van der Waals surface area contributed by atoms with Gasteiger partial charge in [-0.3, -0.25) is 9.59 Å². The molecule has 0 aromatic heterocycles. The lowest BCUT2D eigenvalue weighted by molar-refractivity contribution is -0.140. The first kappa shape index (κ1) is 22.3. The zero-order chi connectivity index (χ0) is 22.4. The van der Waals surface area contributed by atoms with Crippen LogP contribution in [-0.2, 0) is 14.3 Å². The van der Waals surface area contributed by atoms with E-state index >= 15 is 0 Å². The number of nitrogens with zero attached hydrogens (tertiary/aromatic N) is 1. The normalized spacial score (nSPS) is 17.8. The van der Waals surface area contributed by atoms with Crippen LogP contribution in [0.3, 0.4) is 0 Å². The fourth-order valence-electron chi connectivity index (χ4n) is 3.57. The molecule has 2 aromatic rings. The molecule has 1 saturated heterocycles. The predicted molar refractivity (Wildman–Crippen MR) is 113 cm³/mol. The Labute approximate surface area is 180 Å². The summed E-state index contributed by atoms with van der Waals surface area (Å²) < 4.78 is 16.1. The van der Waals surface area contributed by atoms with Gasteiger partial charge in [0.25, 0.3) is 11.7 Å². The molecule has 1 fully saturated rings. The van der Waals surface area contributed by atoms with Crippen LogP contribution in [0, 0.1) is 0 Å². The third-order valence-electron chi connectivity index (χ3n) is 5.03. The first-order valence-corrected chi connectivity index (χ1v) is 9.77. The maximum absolute atomic E-state index is 13.0. The van der Waals surface area contributed by atoms with Gasteiger partial charge in [-0.2, -0.15) is 0 Å². The lowest BCUT2D eigenvalue weighted by atomic mass is 9.94. The Morgan fingerprint density at radius 1 is 1.03 bits per heavy atom. The van der Waals surface area contributed by atoms with E-state index in [1.807, 2.05) is 0 Å². The summed E-state index contributed by atoms with van der Waals surface area (Å²) in [5.41, 5.74) is 0.884. The Morgan fingerprint density at radius 3 is 2.42 bits per heavy atom. The second kappa shape index (κ2) is 10.1. The highest BCUT2D eigenvalue weighted by atomic mass is 16.5. The number of methoxy groups -OCH3 is 2. The number of carbonyl (C=O) groups excluding carboxylic acids is 2. The van der Waals surface area contributed by atoms with Crippen molar-refractivity contribution in [2.75, 3.05) is 40.6 Å². The van der Waals surface area contributed by atoms with Crippen molar-refractivity contribution in [1.29, 1.82) is 0 Å². The van der Waals surface area contributed by atoms with Gasteiger partial charge in [0.05, 0.1) is 45.7 Å². The van der Waals surface area contributed by atoms with Crippen molar-refractivity contribution in [2.24, 2.45) is 0 Å². The summed E-state index contributed by atoms with van der Waals surface area (Å²) in [7, 11) is 2.99. The largest absolute Gasteiger partial charge is 0.507 e. The summed E-state index contributed by atoms with van der Waals surface area (Å²) in [5.74, 6) is -0.864. The average molecular weight is 427 g/mol. The van der Waals surface area contributed by atoms with Crippen molar-refractivity contribution in [3.8, 4) is 11.5 Å². The molecule has 31 heavy (non-hydrogen) atoms. The molecule has 0 radical (unpaired) electrons. The van der Waals surface area contributed by atoms with Gasteiger partial charge >= 0.3 is 0 Å². The number of Topliss-reactive ketones (excluding diaryl/α,β-unsaturated/α-hetero) is 1. The standard InChI is InChI=1S/C23H25NO7/c1-29-16-8-9-18(30-2)17(14-16)20-19(21(26)15-6-4-3-5-7-15)22(27)23(28)24(20)10-12-31-13-11-25/h3-9,14,20,25-26H,10-13H2,1-2H3. The van der Waals surface area contributed by atoms with Gasteiger partial charge in [0.2, 0.25) is 0 Å². The van der Waals surface area contributed by atoms with Crippen LogP contribution in [0.5, 0.6) is 11.5 Å². The van der Waals surface area contributed by atoms with E-state index in [1.165, 1.54) is 19.1 Å². The molecule has 8 heteroatoms. The zero-order valence-electron chi connectivity index (χ0n) is 17.4. The monoisotopic (exact) mass is 427 g/mol. The Hall–Kier alpha value is -3.36. The first-order chi connectivity index (χ1) is 15.0. The van der Waals surface area contributed by atoms with Crippen LogP contribution in [0.4, 0.5) is 0 Å². The minimum absolute atomic E-state index is 0.0371. The van der Waals surface area contributed by atoms with Crippen LogP contribution in [0.25, 0.3) is 5.76 Å². The van der Waals surface area contributed by atoms with E-state index in [4.69, 9.17) is 19.3 Å². The van der Waals surface area contributed by atoms with E-state index < -0.39 is 17.7 Å². The number of hydrogen-bond donors (Lipinski definition) is 2. The highest BCUT2D eigenvalue weighted by Gasteiger charge is 2.47. The van der Waals surface area contributed by atoms with Crippen molar-refractivity contribution in [1.82, 2.24) is 4.90 Å². The summed E-state index contributed by atoms with van der Waals surface area (Å²) >= 11 is 0. The third-order valence-corrected chi connectivity index (χ3v) is 5.03. The Kier molecular flexibility index (Phi) is 7.28. The summed E-state index contributed by atoms with van der Waals surface area (Å²) in [4.78, 5) is 27.2. The van der Waals surface area contributed by atoms with Gasteiger partial charge in [-0.05, 0) is 18.2 Å². The number of amides is 1. The van der Waals surface area contributed by atoms with Crippen LogP contribution < -0.4 is 9.47 Å². The average Bonchev–Trinajstić information content (AvgIpc) is 3.06. The number of aliphatic hydroxyl groups is 2. The van der Waals surface area contributed by atoms with Gasteiger partial charge in [0.1, 0.15) is 17.3 Å². The van der Waals surface area contributed by atoms with Gasteiger partial charge < -0.3 is 29.3 Å². The quantitative estimate of drug-likeness (QED) is 0.273. The molecule has 1 aliphatic heterocycles. The number of benzene rings is 2. The smallest absolute Gasteiger partial charge is 0.295 e. The van der Waals surface area contributed by atoms with E-state index in [0.29, 0.717) is 22.6 Å². The molecule has 1 aliphatic rings. The van der Waals surface area contributed by atoms with Crippen LogP contribution >= 0.6 is 0 Å². The molecule has 0 bridgehead atoms. The van der Waals surface area contributed by atoms with E-state index in [0.717, 1.165) is 0 Å². The number of hydrogen-bond acceptors (Lipinski definition) is 7. The van der Waals surface area contributed by atoms with Gasteiger partial charge in [-0.25, -0.2) is 0 Å². The molecule has 0 aliphatic carbocycles. The summed E-state index contributed by atoms with van der Waals surface area (Å²) in [6, 6.07) is 12.7. The number of aliphatic hydroxyl groups excluding tert-OH is 2. The molecular formula is C23H25NO7. The highest BCUT2D eigenvalue weighted by molar-refractivity contribution is 6.46. The molecule has 2 aromatic carbocycles. The molecule has 1 heterocycles. The molecule has 1 amide bonds. The summed E-state index contributed by atoms with van der Waals surface area (Å²) in [6.07, 6.45) is 0. The molecule has 2 N–H and O–H groups in total. The van der Waals surface area contributed by atoms with Gasteiger partial charge in [0.15, 0.2) is 0 Å². The topological polar surface area (TPSA) is 106 Å². The number of likely N-dealkylation sites (tertiary alicyclic amines) is 1. The van der Waals surface area contributed by atoms with Crippen molar-refractivity contribution >= 4 is 17.4 Å². The van der Waals surface area contributed by atoms with E-state index in [1.54, 1.807) is 48.5 Å². The third kappa shape index (κ3) is 4.55. The van der Waals surface area contributed by atoms with E-state index in [2.05, 4.69) is 0 Å². The van der Waals surface area contributed by atoms with Crippen LogP contribution in [0.15, 0.2) is 54.1 Å². The number of ketones is 1. The Morgan fingerprint density at radius 2 is 1.77 bits per heavy atom. The SMILES string of the molecule is COc1ccc(OC)c(C2C(=C(O)c3ccccc3)C(=O)C(=O)N2CCOCCO)c1. The molecule has 0 saturated carbocycles. The number of rotatable bonds is 9. The summed E-state index contributed by atoms with van der Waals surface area (Å²) in [6.45, 7) is 0.157. The van der Waals surface area contributed by atoms with E-state index in [9.17, 15) is 14.7 Å². The first-order valence-electron chi connectivity index (χ1n) is 9.77. The highest BCUT2D eigenvalue weighted by Crippen LogP contribution is 2.43. The fourth-order valence-corrected chi connectivity index (χ4v) is 3.57. The van der Waals surface area contributed by atoms with E-state index in [-0.39, 0.29) is 37.7 Å². The van der Waals surface area contributed by atoms with Gasteiger partial charge in [-0.15, -0.1) is 0 Å². The number of ether oxygens (including phenoxy) is 3. The molecular weight excluding hydrogens is 402 g/mol. The second-order valence-electron chi connectivity index (χ2n) is 6.80. The molecule has 8 nitrogen and oxygen atoms in total. The molecule has 1 atom stereocenters. The van der Waals surface area contributed by atoms with Crippen LogP contribution in [0.1, 0.15) is 17.2 Å². The molecule has 1 unspecified atom stereocenters. The van der Waals surface area contributed by atoms with Crippen molar-refractivity contribution in [2.45, 2.75) is 6.04 Å². The second-order valence-corrected chi connectivity index (χ2v) is 6.80. The Balaban J connectivity index is 2.15. The van der Waals surface area contributed by atoms with Crippen molar-refractivity contribution in [3.63, 3.8) is 0 Å². The minimum Gasteiger partial charge on any atom is -0.507 e. The minimum atomic E-state index is -0.900. The maximum atomic E-state index is 13.0. The van der Waals surface area contributed by atoms with Gasteiger partial charge in [-0.1, -0.05) is 30.3 Å². The predicted octanol–water partition coefficient (Wildman–Crippen LogP) is 2.13. The summed E-state index contributed by atoms with van der Waals surface area (Å²) in [5, 5.41) is 19.9. The Bertz CT molecular complexity index is 971. The zero-order valence-corrected chi connectivity index (χ0v) is 17.4. The van der Waals surface area contributed by atoms with Crippen LogP contribution in [-0.4, -0.2) is 67.4 Å². The fraction of sp³-hybridized carbons (Fsp3) is 0.304. The maximum Gasteiger partial charge on any atom is 0.295 e. The lowest BCUT2D eigenvalue weighted by Crippen LogP contribution is -2.33.